The molecule has 0 unspecified atom stereocenters. The molecule has 8 heteroatoms. The van der Waals surface area contributed by atoms with E-state index < -0.39 is 12.1 Å². The SMILES string of the molecule is COc1ccc2[nH]cc(CCN3C(=O)N[C@@H](CCC(=O)NC(C)C)C3=O)c2c1. The van der Waals surface area contributed by atoms with Gasteiger partial charge in [0.2, 0.25) is 5.91 Å². The van der Waals surface area contributed by atoms with Gasteiger partial charge in [0, 0.05) is 36.1 Å². The third kappa shape index (κ3) is 4.27. The van der Waals surface area contributed by atoms with Gasteiger partial charge in [0.1, 0.15) is 11.8 Å². The minimum atomic E-state index is -0.645. The molecule has 0 spiro atoms. The zero-order chi connectivity index (χ0) is 20.3. The summed E-state index contributed by atoms with van der Waals surface area (Å²) in [6.07, 6.45) is 2.91. The number of urea groups is 1. The number of amides is 4. The number of fused-ring (bicyclic) bond motifs is 1. The molecular formula is C20H26N4O4. The fourth-order valence-electron chi connectivity index (χ4n) is 3.38. The second-order valence-corrected chi connectivity index (χ2v) is 7.23. The second kappa shape index (κ2) is 8.33. The third-order valence-electron chi connectivity index (χ3n) is 4.80. The molecule has 1 atom stereocenters. The lowest BCUT2D eigenvalue weighted by Gasteiger charge is -2.13. The van der Waals surface area contributed by atoms with Crippen molar-refractivity contribution in [3.63, 3.8) is 0 Å². The number of hydrogen-bond acceptors (Lipinski definition) is 4. The number of rotatable bonds is 8. The van der Waals surface area contributed by atoms with Crippen LogP contribution < -0.4 is 15.4 Å². The molecule has 1 aromatic carbocycles. The van der Waals surface area contributed by atoms with Crippen LogP contribution in [0.4, 0.5) is 4.79 Å². The number of benzene rings is 1. The van der Waals surface area contributed by atoms with Gasteiger partial charge in [-0.3, -0.25) is 14.5 Å². The lowest BCUT2D eigenvalue weighted by molar-refractivity contribution is -0.127. The number of nitrogens with zero attached hydrogens (tertiary/aromatic N) is 1. The predicted molar refractivity (Wildman–Crippen MR) is 105 cm³/mol. The molecule has 4 amide bonds. The monoisotopic (exact) mass is 386 g/mol. The van der Waals surface area contributed by atoms with E-state index in [4.69, 9.17) is 4.74 Å². The van der Waals surface area contributed by atoms with Gasteiger partial charge < -0.3 is 20.4 Å². The molecule has 1 aliphatic heterocycles. The van der Waals surface area contributed by atoms with Gasteiger partial charge in [-0.2, -0.15) is 0 Å². The van der Waals surface area contributed by atoms with Gasteiger partial charge in [-0.15, -0.1) is 0 Å². The molecule has 0 radical (unpaired) electrons. The van der Waals surface area contributed by atoms with E-state index >= 15 is 0 Å². The Morgan fingerprint density at radius 3 is 2.82 bits per heavy atom. The van der Waals surface area contributed by atoms with Crippen LogP contribution in [0.25, 0.3) is 10.9 Å². The van der Waals surface area contributed by atoms with Crippen LogP contribution in [0.15, 0.2) is 24.4 Å². The van der Waals surface area contributed by atoms with Crippen molar-refractivity contribution < 1.29 is 19.1 Å². The Morgan fingerprint density at radius 1 is 1.32 bits per heavy atom. The molecule has 2 aromatic rings. The van der Waals surface area contributed by atoms with Crippen molar-refractivity contribution in [2.45, 2.75) is 45.2 Å². The first kappa shape index (κ1) is 19.7. The van der Waals surface area contributed by atoms with Crippen molar-refractivity contribution >= 4 is 28.7 Å². The highest BCUT2D eigenvalue weighted by Gasteiger charge is 2.37. The first-order valence-corrected chi connectivity index (χ1v) is 9.44. The zero-order valence-corrected chi connectivity index (χ0v) is 16.4. The highest BCUT2D eigenvalue weighted by molar-refractivity contribution is 6.04. The number of aromatic amines is 1. The van der Waals surface area contributed by atoms with Gasteiger partial charge in [0.15, 0.2) is 0 Å². The molecule has 1 aliphatic rings. The number of nitrogens with one attached hydrogen (secondary N) is 3. The highest BCUT2D eigenvalue weighted by Crippen LogP contribution is 2.24. The van der Waals surface area contributed by atoms with Crippen LogP contribution in [0.2, 0.25) is 0 Å². The minimum Gasteiger partial charge on any atom is -0.497 e. The van der Waals surface area contributed by atoms with Crippen molar-refractivity contribution in [2.24, 2.45) is 0 Å². The Morgan fingerprint density at radius 2 is 2.11 bits per heavy atom. The molecule has 8 nitrogen and oxygen atoms in total. The topological polar surface area (TPSA) is 104 Å². The molecule has 150 valence electrons. The number of carbonyl (C=O) groups is 3. The van der Waals surface area contributed by atoms with E-state index in [9.17, 15) is 14.4 Å². The predicted octanol–water partition coefficient (Wildman–Crippen LogP) is 1.94. The van der Waals surface area contributed by atoms with E-state index in [1.54, 1.807) is 7.11 Å². The smallest absolute Gasteiger partial charge is 0.324 e. The molecule has 0 saturated carbocycles. The highest BCUT2D eigenvalue weighted by atomic mass is 16.5. The van der Waals surface area contributed by atoms with E-state index in [-0.39, 0.29) is 30.8 Å². The van der Waals surface area contributed by atoms with E-state index in [2.05, 4.69) is 15.6 Å². The van der Waals surface area contributed by atoms with Crippen LogP contribution in [0.5, 0.6) is 5.75 Å². The van der Waals surface area contributed by atoms with Crippen molar-refractivity contribution in [3.05, 3.63) is 30.0 Å². The van der Waals surface area contributed by atoms with Gasteiger partial charge in [-0.25, -0.2) is 4.79 Å². The molecule has 28 heavy (non-hydrogen) atoms. The van der Waals surface area contributed by atoms with Crippen LogP contribution in [-0.2, 0) is 16.0 Å². The van der Waals surface area contributed by atoms with Gasteiger partial charge >= 0.3 is 6.03 Å². The van der Waals surface area contributed by atoms with E-state index in [1.165, 1.54) is 4.90 Å². The van der Waals surface area contributed by atoms with Crippen LogP contribution in [-0.4, -0.2) is 53.5 Å². The van der Waals surface area contributed by atoms with Crippen molar-refractivity contribution in [3.8, 4) is 5.75 Å². The molecule has 3 rings (SSSR count). The maximum absolute atomic E-state index is 12.6. The Balaban J connectivity index is 1.60. The number of H-pyrrole nitrogens is 1. The van der Waals surface area contributed by atoms with Gasteiger partial charge in [-0.05, 0) is 50.5 Å². The summed E-state index contributed by atoms with van der Waals surface area (Å²) in [4.78, 5) is 41.0. The second-order valence-electron chi connectivity index (χ2n) is 7.23. The number of ether oxygens (including phenoxy) is 1. The Bertz CT molecular complexity index is 889. The number of hydrogen-bond donors (Lipinski definition) is 3. The van der Waals surface area contributed by atoms with Gasteiger partial charge in [0.05, 0.1) is 7.11 Å². The largest absolute Gasteiger partial charge is 0.497 e. The zero-order valence-electron chi connectivity index (χ0n) is 16.4. The van der Waals surface area contributed by atoms with Gasteiger partial charge in [-0.1, -0.05) is 0 Å². The number of carbonyl (C=O) groups excluding carboxylic acids is 3. The summed E-state index contributed by atoms with van der Waals surface area (Å²) < 4.78 is 5.27. The Kier molecular flexibility index (Phi) is 5.87. The summed E-state index contributed by atoms with van der Waals surface area (Å²) in [7, 11) is 1.61. The lowest BCUT2D eigenvalue weighted by Crippen LogP contribution is -2.35. The molecular weight excluding hydrogens is 360 g/mol. The minimum absolute atomic E-state index is 0.0488. The molecule has 1 saturated heterocycles. The summed E-state index contributed by atoms with van der Waals surface area (Å²) >= 11 is 0. The summed E-state index contributed by atoms with van der Waals surface area (Å²) in [5, 5.41) is 6.47. The van der Waals surface area contributed by atoms with Crippen LogP contribution in [0.3, 0.4) is 0 Å². The average Bonchev–Trinajstić information content (AvgIpc) is 3.18. The fraction of sp³-hybridized carbons (Fsp3) is 0.450. The standard InChI is InChI=1S/C20H26N4O4/c1-12(2)22-18(25)7-6-17-19(26)24(20(27)23-17)9-8-13-11-21-16-5-4-14(28-3)10-15(13)16/h4-5,10-12,17,21H,6-9H2,1-3H3,(H,22,25)(H,23,27)/t17-/m0/s1. The molecule has 2 heterocycles. The molecule has 1 aromatic heterocycles. The number of imide groups is 1. The van der Waals surface area contributed by atoms with Crippen LogP contribution >= 0.6 is 0 Å². The lowest BCUT2D eigenvalue weighted by atomic mass is 10.1. The summed E-state index contributed by atoms with van der Waals surface area (Å²) in [6, 6.07) is 4.74. The molecule has 1 fully saturated rings. The maximum atomic E-state index is 12.6. The number of methoxy groups -OCH3 is 1. The quantitative estimate of drug-likeness (QED) is 0.603. The Labute approximate surface area is 163 Å². The Hall–Kier alpha value is -3.03. The summed E-state index contributed by atoms with van der Waals surface area (Å²) in [6.45, 7) is 4.04. The van der Waals surface area contributed by atoms with Crippen LogP contribution in [0.1, 0.15) is 32.3 Å². The fourth-order valence-corrected chi connectivity index (χ4v) is 3.38. The summed E-state index contributed by atoms with van der Waals surface area (Å²) in [5.74, 6) is 0.353. The van der Waals surface area contributed by atoms with Crippen molar-refractivity contribution in [1.29, 1.82) is 0 Å². The van der Waals surface area contributed by atoms with E-state index in [0.29, 0.717) is 12.8 Å². The third-order valence-corrected chi connectivity index (χ3v) is 4.80. The van der Waals surface area contributed by atoms with Gasteiger partial charge in [0.25, 0.3) is 5.91 Å². The van der Waals surface area contributed by atoms with Crippen LogP contribution in [0, 0.1) is 0 Å². The number of aromatic nitrogens is 1. The molecule has 0 bridgehead atoms. The first-order valence-electron chi connectivity index (χ1n) is 9.44. The molecule has 3 N–H and O–H groups in total. The normalized spacial score (nSPS) is 16.7. The average molecular weight is 386 g/mol. The molecule has 0 aliphatic carbocycles. The van der Waals surface area contributed by atoms with Crippen molar-refractivity contribution in [2.75, 3.05) is 13.7 Å². The maximum Gasteiger partial charge on any atom is 0.324 e. The van der Waals surface area contributed by atoms with E-state index in [1.807, 2.05) is 38.2 Å². The van der Waals surface area contributed by atoms with Crippen molar-refractivity contribution in [1.82, 2.24) is 20.5 Å². The van der Waals surface area contributed by atoms with E-state index in [0.717, 1.165) is 22.2 Å². The first-order chi connectivity index (χ1) is 13.4. The summed E-state index contributed by atoms with van der Waals surface area (Å²) in [5.41, 5.74) is 1.98.